The average molecular weight is 377 g/mol. The second kappa shape index (κ2) is 9.35. The monoisotopic (exact) mass is 376 g/mol. The van der Waals surface area contributed by atoms with Crippen LogP contribution in [0.5, 0.6) is 0 Å². The Morgan fingerprint density at radius 1 is 1.26 bits per heavy atom. The van der Waals surface area contributed by atoms with Gasteiger partial charge in [-0.1, -0.05) is 19.3 Å². The highest BCUT2D eigenvalue weighted by Gasteiger charge is 2.24. The minimum absolute atomic E-state index is 0.127. The van der Waals surface area contributed by atoms with Gasteiger partial charge in [-0.05, 0) is 33.1 Å². The van der Waals surface area contributed by atoms with E-state index >= 15 is 0 Å². The van der Waals surface area contributed by atoms with Crippen LogP contribution in [0.15, 0.2) is 4.79 Å². The van der Waals surface area contributed by atoms with Crippen molar-refractivity contribution >= 4 is 11.9 Å². The van der Waals surface area contributed by atoms with Gasteiger partial charge in [-0.2, -0.15) is 0 Å². The molecular weight excluding hydrogens is 344 g/mol. The Labute approximate surface area is 161 Å². The maximum atomic E-state index is 12.8. The molecule has 3 rings (SSSR count). The van der Waals surface area contributed by atoms with E-state index in [1.807, 2.05) is 23.6 Å². The highest BCUT2D eigenvalue weighted by Crippen LogP contribution is 2.23. The van der Waals surface area contributed by atoms with E-state index in [4.69, 9.17) is 4.74 Å². The van der Waals surface area contributed by atoms with Crippen LogP contribution < -0.4 is 10.5 Å². The van der Waals surface area contributed by atoms with Crippen molar-refractivity contribution in [1.82, 2.24) is 14.9 Å². The largest absolute Gasteiger partial charge is 0.378 e. The number of nitrogens with one attached hydrogen (secondary N) is 1. The smallest absolute Gasteiger partial charge is 0.255 e. The summed E-state index contributed by atoms with van der Waals surface area (Å²) in [6.45, 7) is 7.40. The number of carbonyl (C=O) groups is 1. The van der Waals surface area contributed by atoms with Crippen LogP contribution in [0.2, 0.25) is 0 Å². The number of rotatable bonds is 6. The van der Waals surface area contributed by atoms with Crippen molar-refractivity contribution in [3.63, 3.8) is 0 Å². The molecule has 1 N–H and O–H groups in total. The molecule has 0 radical (unpaired) electrons. The third-order valence-electron chi connectivity index (χ3n) is 5.79. The lowest BCUT2D eigenvalue weighted by atomic mass is 9.94. The summed E-state index contributed by atoms with van der Waals surface area (Å²) in [5.41, 5.74) is 1.21. The molecule has 1 aromatic rings. The second-order valence-electron chi connectivity index (χ2n) is 7.52. The molecule has 0 atom stereocenters. The molecule has 0 aromatic carbocycles. The zero-order valence-electron chi connectivity index (χ0n) is 16.6. The van der Waals surface area contributed by atoms with Crippen molar-refractivity contribution in [2.45, 2.75) is 64.8 Å². The van der Waals surface area contributed by atoms with Crippen molar-refractivity contribution in [2.75, 3.05) is 37.7 Å². The summed E-state index contributed by atoms with van der Waals surface area (Å²) in [6, 6.07) is 0.373. The number of amides is 1. The van der Waals surface area contributed by atoms with Crippen molar-refractivity contribution in [1.29, 1.82) is 0 Å². The number of aryl methyl sites for hydroxylation is 1. The Morgan fingerprint density at radius 3 is 2.59 bits per heavy atom. The van der Waals surface area contributed by atoms with E-state index in [2.05, 4.69) is 9.97 Å². The Balaban J connectivity index is 1.64. The third kappa shape index (κ3) is 4.89. The first kappa shape index (κ1) is 19.9. The van der Waals surface area contributed by atoms with Crippen LogP contribution in [-0.2, 0) is 16.0 Å². The first-order valence-corrected chi connectivity index (χ1v) is 10.3. The highest BCUT2D eigenvalue weighted by atomic mass is 16.5. The maximum Gasteiger partial charge on any atom is 0.255 e. The van der Waals surface area contributed by atoms with Gasteiger partial charge in [0, 0.05) is 43.4 Å². The molecule has 1 amide bonds. The standard InChI is InChI=1S/C20H32N4O3/c1-3-24(16-7-5-4-6-8-16)18(25)10-9-17-15(2)21-20(22-19(17)26)23-11-13-27-14-12-23/h16H,3-14H2,1-2H3,(H,21,22,26). The highest BCUT2D eigenvalue weighted by molar-refractivity contribution is 5.76. The van der Waals surface area contributed by atoms with Gasteiger partial charge in [0.25, 0.3) is 5.56 Å². The molecule has 2 aliphatic rings. The molecule has 1 saturated heterocycles. The topological polar surface area (TPSA) is 78.5 Å². The summed E-state index contributed by atoms with van der Waals surface area (Å²) in [5.74, 6) is 0.758. The fourth-order valence-corrected chi connectivity index (χ4v) is 4.22. The maximum absolute atomic E-state index is 12.8. The number of morpholine rings is 1. The molecule has 1 aliphatic heterocycles. The van der Waals surface area contributed by atoms with Gasteiger partial charge in [0.15, 0.2) is 0 Å². The van der Waals surface area contributed by atoms with E-state index in [1.165, 1.54) is 19.3 Å². The van der Waals surface area contributed by atoms with Gasteiger partial charge in [0.05, 0.1) is 13.2 Å². The molecule has 0 bridgehead atoms. The Bertz CT molecular complexity index is 691. The molecule has 1 saturated carbocycles. The fourth-order valence-electron chi connectivity index (χ4n) is 4.22. The van der Waals surface area contributed by atoms with E-state index in [1.54, 1.807) is 0 Å². The average Bonchev–Trinajstić information content (AvgIpc) is 2.69. The van der Waals surface area contributed by atoms with Crippen molar-refractivity contribution < 1.29 is 9.53 Å². The molecule has 0 unspecified atom stereocenters. The number of aromatic nitrogens is 2. The predicted octanol–water partition coefficient (Wildman–Crippen LogP) is 2.03. The summed E-state index contributed by atoms with van der Waals surface area (Å²) in [6.07, 6.45) is 6.72. The number of ether oxygens (including phenoxy) is 1. The van der Waals surface area contributed by atoms with Crippen LogP contribution in [0.25, 0.3) is 0 Å². The van der Waals surface area contributed by atoms with Crippen LogP contribution in [0.1, 0.15) is 56.7 Å². The quantitative estimate of drug-likeness (QED) is 0.822. The first-order valence-electron chi connectivity index (χ1n) is 10.3. The van der Waals surface area contributed by atoms with Crippen LogP contribution in [-0.4, -0.2) is 59.7 Å². The molecule has 150 valence electrons. The summed E-state index contributed by atoms with van der Waals surface area (Å²) in [4.78, 5) is 36.9. The van der Waals surface area contributed by atoms with Crippen molar-refractivity contribution in [3.05, 3.63) is 21.6 Å². The van der Waals surface area contributed by atoms with Gasteiger partial charge in [-0.15, -0.1) is 0 Å². The molecule has 1 aliphatic carbocycles. The van der Waals surface area contributed by atoms with Gasteiger partial charge in [-0.3, -0.25) is 14.6 Å². The van der Waals surface area contributed by atoms with Gasteiger partial charge in [0.1, 0.15) is 0 Å². The normalized spacial score (nSPS) is 18.5. The van der Waals surface area contributed by atoms with Crippen molar-refractivity contribution in [3.8, 4) is 0 Å². The Kier molecular flexibility index (Phi) is 6.88. The van der Waals surface area contributed by atoms with Gasteiger partial charge in [-0.25, -0.2) is 4.98 Å². The number of hydrogen-bond acceptors (Lipinski definition) is 5. The number of aromatic amines is 1. The molecule has 2 fully saturated rings. The van der Waals surface area contributed by atoms with E-state index in [9.17, 15) is 9.59 Å². The minimum Gasteiger partial charge on any atom is -0.378 e. The van der Waals surface area contributed by atoms with Gasteiger partial charge >= 0.3 is 0 Å². The zero-order valence-corrected chi connectivity index (χ0v) is 16.6. The molecular formula is C20H32N4O3. The first-order chi connectivity index (χ1) is 13.1. The van der Waals surface area contributed by atoms with E-state index < -0.39 is 0 Å². The minimum atomic E-state index is -0.127. The molecule has 7 heteroatoms. The predicted molar refractivity (Wildman–Crippen MR) is 105 cm³/mol. The molecule has 0 spiro atoms. The molecule has 27 heavy (non-hydrogen) atoms. The van der Waals surface area contributed by atoms with Gasteiger partial charge < -0.3 is 14.5 Å². The van der Waals surface area contributed by atoms with E-state index in [-0.39, 0.29) is 11.5 Å². The summed E-state index contributed by atoms with van der Waals surface area (Å²) < 4.78 is 5.35. The van der Waals surface area contributed by atoms with E-state index in [0.717, 1.165) is 32.5 Å². The van der Waals surface area contributed by atoms with Crippen LogP contribution >= 0.6 is 0 Å². The van der Waals surface area contributed by atoms with E-state index in [0.29, 0.717) is 49.3 Å². The number of anilines is 1. The summed E-state index contributed by atoms with van der Waals surface area (Å²) in [7, 11) is 0. The van der Waals surface area contributed by atoms with Crippen LogP contribution in [0.4, 0.5) is 5.95 Å². The summed E-state index contributed by atoms with van der Waals surface area (Å²) >= 11 is 0. The SMILES string of the molecule is CCN(C(=O)CCc1c(C)nc(N2CCOCC2)[nH]c1=O)C1CCCCC1. The van der Waals surface area contributed by atoms with Crippen molar-refractivity contribution in [2.24, 2.45) is 0 Å². The van der Waals surface area contributed by atoms with Crippen LogP contribution in [0, 0.1) is 6.92 Å². The number of carbonyl (C=O) groups excluding carboxylic acids is 1. The van der Waals surface area contributed by atoms with Gasteiger partial charge in [0.2, 0.25) is 11.9 Å². The lowest BCUT2D eigenvalue weighted by molar-refractivity contribution is -0.133. The summed E-state index contributed by atoms with van der Waals surface area (Å²) in [5, 5.41) is 0. The molecule has 7 nitrogen and oxygen atoms in total. The third-order valence-corrected chi connectivity index (χ3v) is 5.79. The number of H-pyrrole nitrogens is 1. The lowest BCUT2D eigenvalue weighted by Crippen LogP contribution is -2.41. The Hall–Kier alpha value is -1.89. The molecule has 2 heterocycles. The zero-order chi connectivity index (χ0) is 19.2. The lowest BCUT2D eigenvalue weighted by Gasteiger charge is -2.33. The fraction of sp³-hybridized carbons (Fsp3) is 0.750. The Morgan fingerprint density at radius 2 is 1.96 bits per heavy atom. The van der Waals surface area contributed by atoms with Crippen LogP contribution in [0.3, 0.4) is 0 Å². The molecule has 1 aromatic heterocycles. The number of hydrogen-bond donors (Lipinski definition) is 1. The number of nitrogens with zero attached hydrogens (tertiary/aromatic N) is 3. The second-order valence-corrected chi connectivity index (χ2v) is 7.52.